The van der Waals surface area contributed by atoms with E-state index in [1.807, 2.05) is 24.3 Å². The summed E-state index contributed by atoms with van der Waals surface area (Å²) >= 11 is 0. The first-order valence-corrected chi connectivity index (χ1v) is 7.47. The van der Waals surface area contributed by atoms with Crippen molar-refractivity contribution >= 4 is 12.0 Å². The normalized spacial score (nSPS) is 22.2. The van der Waals surface area contributed by atoms with E-state index in [1.165, 1.54) is 6.08 Å². The largest absolute Gasteiger partial charge is 0.496 e. The molecule has 0 radical (unpaired) electrons. The third-order valence-corrected chi connectivity index (χ3v) is 3.96. The van der Waals surface area contributed by atoms with E-state index in [0.29, 0.717) is 6.54 Å². The van der Waals surface area contributed by atoms with Crippen LogP contribution < -0.4 is 10.1 Å². The Morgan fingerprint density at radius 1 is 1.38 bits per heavy atom. The predicted molar refractivity (Wildman–Crippen MR) is 83.0 cm³/mol. The molecule has 4 heteroatoms. The van der Waals surface area contributed by atoms with Crippen molar-refractivity contribution in [2.75, 3.05) is 13.7 Å². The summed E-state index contributed by atoms with van der Waals surface area (Å²) < 4.78 is 5.23. The van der Waals surface area contributed by atoms with Crippen LogP contribution in [0, 0.1) is 5.92 Å². The number of aliphatic hydroxyl groups is 1. The Labute approximate surface area is 125 Å². The van der Waals surface area contributed by atoms with Gasteiger partial charge < -0.3 is 15.2 Å². The Morgan fingerprint density at radius 3 is 2.90 bits per heavy atom. The second-order valence-electron chi connectivity index (χ2n) is 5.43. The fourth-order valence-electron chi connectivity index (χ4n) is 2.69. The van der Waals surface area contributed by atoms with Crippen molar-refractivity contribution in [1.29, 1.82) is 0 Å². The molecule has 0 saturated heterocycles. The van der Waals surface area contributed by atoms with Crippen LogP contribution in [0.5, 0.6) is 5.75 Å². The Hall–Kier alpha value is -1.81. The average Bonchev–Trinajstić information content (AvgIpc) is 2.52. The van der Waals surface area contributed by atoms with Crippen LogP contribution in [0.15, 0.2) is 30.3 Å². The molecule has 1 aliphatic rings. The number of rotatable bonds is 5. The van der Waals surface area contributed by atoms with E-state index in [1.54, 1.807) is 13.2 Å². The minimum atomic E-state index is -0.280. The van der Waals surface area contributed by atoms with Crippen molar-refractivity contribution in [3.05, 3.63) is 35.9 Å². The number of amides is 1. The first-order valence-electron chi connectivity index (χ1n) is 7.47. The first kappa shape index (κ1) is 15.6. The highest BCUT2D eigenvalue weighted by Gasteiger charge is 2.22. The Kier molecular flexibility index (Phi) is 5.81. The average molecular weight is 289 g/mol. The molecule has 0 bridgehead atoms. The van der Waals surface area contributed by atoms with Gasteiger partial charge in [0.2, 0.25) is 5.91 Å². The topological polar surface area (TPSA) is 58.6 Å². The summed E-state index contributed by atoms with van der Waals surface area (Å²) in [4.78, 5) is 11.8. The number of hydrogen-bond acceptors (Lipinski definition) is 3. The summed E-state index contributed by atoms with van der Waals surface area (Å²) in [7, 11) is 1.61. The minimum absolute atomic E-state index is 0.140. The third kappa shape index (κ3) is 4.60. The summed E-state index contributed by atoms with van der Waals surface area (Å²) in [6.45, 7) is 0.538. The smallest absolute Gasteiger partial charge is 0.244 e. The van der Waals surface area contributed by atoms with Gasteiger partial charge in [-0.15, -0.1) is 0 Å². The van der Waals surface area contributed by atoms with E-state index in [-0.39, 0.29) is 17.9 Å². The number of aliphatic hydroxyl groups excluding tert-OH is 1. The van der Waals surface area contributed by atoms with E-state index in [4.69, 9.17) is 4.74 Å². The highest BCUT2D eigenvalue weighted by molar-refractivity contribution is 5.92. The minimum Gasteiger partial charge on any atom is -0.496 e. The van der Waals surface area contributed by atoms with Crippen LogP contribution in [0.1, 0.15) is 31.2 Å². The van der Waals surface area contributed by atoms with Crippen molar-refractivity contribution in [2.24, 2.45) is 5.92 Å². The molecule has 1 aromatic rings. The van der Waals surface area contributed by atoms with Crippen LogP contribution in [0.25, 0.3) is 6.08 Å². The molecule has 1 aliphatic carbocycles. The lowest BCUT2D eigenvalue weighted by Crippen LogP contribution is -2.36. The van der Waals surface area contributed by atoms with E-state index in [2.05, 4.69) is 5.32 Å². The highest BCUT2D eigenvalue weighted by atomic mass is 16.5. The summed E-state index contributed by atoms with van der Waals surface area (Å²) in [6, 6.07) is 7.54. The van der Waals surface area contributed by atoms with E-state index in [0.717, 1.165) is 37.0 Å². The number of benzene rings is 1. The van der Waals surface area contributed by atoms with Crippen LogP contribution in [-0.4, -0.2) is 30.8 Å². The van der Waals surface area contributed by atoms with Gasteiger partial charge in [-0.2, -0.15) is 0 Å². The molecule has 1 fully saturated rings. The van der Waals surface area contributed by atoms with Crippen molar-refractivity contribution in [3.8, 4) is 5.75 Å². The molecule has 0 aliphatic heterocycles. The fraction of sp³-hybridized carbons (Fsp3) is 0.471. The van der Waals surface area contributed by atoms with E-state index < -0.39 is 0 Å². The van der Waals surface area contributed by atoms with Gasteiger partial charge in [-0.05, 0) is 25.0 Å². The summed E-state index contributed by atoms with van der Waals surface area (Å²) in [5.74, 6) is 0.783. The van der Waals surface area contributed by atoms with Gasteiger partial charge in [0.25, 0.3) is 0 Å². The molecule has 4 nitrogen and oxygen atoms in total. The van der Waals surface area contributed by atoms with Gasteiger partial charge in [0.05, 0.1) is 13.2 Å². The molecular formula is C17H23NO3. The highest BCUT2D eigenvalue weighted by Crippen LogP contribution is 2.23. The zero-order valence-electron chi connectivity index (χ0n) is 12.4. The molecule has 1 saturated carbocycles. The van der Waals surface area contributed by atoms with Gasteiger partial charge in [-0.25, -0.2) is 0 Å². The van der Waals surface area contributed by atoms with Gasteiger partial charge in [-0.1, -0.05) is 31.0 Å². The van der Waals surface area contributed by atoms with E-state index >= 15 is 0 Å². The zero-order chi connectivity index (χ0) is 15.1. The lowest BCUT2D eigenvalue weighted by Gasteiger charge is -2.27. The second kappa shape index (κ2) is 7.84. The van der Waals surface area contributed by atoms with Gasteiger partial charge in [0.1, 0.15) is 5.75 Å². The quantitative estimate of drug-likeness (QED) is 0.818. The Bertz CT molecular complexity index is 499. The SMILES string of the molecule is COc1ccccc1C=CC(=O)NCC1CCCCC1O. The molecule has 2 N–H and O–H groups in total. The molecule has 0 heterocycles. The number of carbonyl (C=O) groups is 1. The fourth-order valence-corrected chi connectivity index (χ4v) is 2.69. The number of carbonyl (C=O) groups excluding carboxylic acids is 1. The van der Waals surface area contributed by atoms with Gasteiger partial charge >= 0.3 is 0 Å². The molecule has 1 amide bonds. The maximum atomic E-state index is 11.8. The number of nitrogens with one attached hydrogen (secondary N) is 1. The monoisotopic (exact) mass is 289 g/mol. The molecule has 0 spiro atoms. The first-order chi connectivity index (χ1) is 10.2. The maximum Gasteiger partial charge on any atom is 0.244 e. The zero-order valence-corrected chi connectivity index (χ0v) is 12.4. The van der Waals surface area contributed by atoms with Crippen molar-refractivity contribution < 1.29 is 14.6 Å². The number of para-hydroxylation sites is 1. The van der Waals surface area contributed by atoms with Gasteiger partial charge in [0.15, 0.2) is 0 Å². The van der Waals surface area contributed by atoms with Crippen LogP contribution in [0.3, 0.4) is 0 Å². The number of ether oxygens (including phenoxy) is 1. The molecule has 2 unspecified atom stereocenters. The van der Waals surface area contributed by atoms with Crippen molar-refractivity contribution in [2.45, 2.75) is 31.8 Å². The number of methoxy groups -OCH3 is 1. The standard InChI is InChI=1S/C17H23NO3/c1-21-16-9-5-3-6-13(16)10-11-17(20)18-12-14-7-2-4-8-15(14)19/h3,5-6,9-11,14-15,19H,2,4,7-8,12H2,1H3,(H,18,20). The van der Waals surface area contributed by atoms with Crippen LogP contribution >= 0.6 is 0 Å². The molecule has 2 rings (SSSR count). The molecule has 114 valence electrons. The Morgan fingerprint density at radius 2 is 2.14 bits per heavy atom. The van der Waals surface area contributed by atoms with Crippen molar-refractivity contribution in [1.82, 2.24) is 5.32 Å². The predicted octanol–water partition coefficient (Wildman–Crippen LogP) is 2.38. The summed E-state index contributed by atoms with van der Waals surface area (Å²) in [5, 5.41) is 12.7. The number of hydrogen-bond donors (Lipinski definition) is 2. The molecule has 2 atom stereocenters. The molecular weight excluding hydrogens is 266 g/mol. The summed E-state index contributed by atoms with van der Waals surface area (Å²) in [6.07, 6.45) is 7.01. The molecule has 1 aromatic carbocycles. The van der Waals surface area contributed by atoms with Gasteiger partial charge in [-0.3, -0.25) is 4.79 Å². The van der Waals surface area contributed by atoms with Crippen LogP contribution in [-0.2, 0) is 4.79 Å². The van der Waals surface area contributed by atoms with Gasteiger partial charge in [0, 0.05) is 24.1 Å². The lowest BCUT2D eigenvalue weighted by molar-refractivity contribution is -0.116. The molecule has 0 aromatic heterocycles. The maximum absolute atomic E-state index is 11.8. The third-order valence-electron chi connectivity index (χ3n) is 3.96. The van der Waals surface area contributed by atoms with Crippen LogP contribution in [0.2, 0.25) is 0 Å². The van der Waals surface area contributed by atoms with Crippen molar-refractivity contribution in [3.63, 3.8) is 0 Å². The lowest BCUT2D eigenvalue weighted by atomic mass is 9.86. The Balaban J connectivity index is 1.85. The van der Waals surface area contributed by atoms with Crippen LogP contribution in [0.4, 0.5) is 0 Å². The van der Waals surface area contributed by atoms with E-state index in [9.17, 15) is 9.90 Å². The molecule has 21 heavy (non-hydrogen) atoms. The summed E-state index contributed by atoms with van der Waals surface area (Å²) in [5.41, 5.74) is 0.868. The second-order valence-corrected chi connectivity index (χ2v) is 5.43.